The zero-order chi connectivity index (χ0) is 19.4. The number of ether oxygens (including phenoxy) is 2. The Morgan fingerprint density at radius 2 is 1.85 bits per heavy atom. The van der Waals surface area contributed by atoms with Crippen molar-refractivity contribution >= 4 is 23.6 Å². The number of nitrogens with zero attached hydrogens (tertiary/aromatic N) is 3. The zero-order valence-corrected chi connectivity index (χ0v) is 15.7. The molecule has 1 aromatic rings. The molecule has 3 rings (SSSR count). The molecule has 0 radical (unpaired) electrons. The number of rotatable bonds is 4. The van der Waals surface area contributed by atoms with Crippen molar-refractivity contribution in [3.63, 3.8) is 0 Å². The van der Waals surface area contributed by atoms with Crippen LogP contribution in [0.5, 0.6) is 5.75 Å². The van der Waals surface area contributed by atoms with Crippen LogP contribution >= 0.6 is 0 Å². The first-order valence-corrected chi connectivity index (χ1v) is 9.18. The molecule has 8 nitrogen and oxygen atoms in total. The molecule has 0 bridgehead atoms. The van der Waals surface area contributed by atoms with E-state index in [1.54, 1.807) is 34.8 Å². The number of methoxy groups -OCH3 is 1. The van der Waals surface area contributed by atoms with E-state index in [4.69, 9.17) is 9.47 Å². The van der Waals surface area contributed by atoms with Crippen molar-refractivity contribution in [2.45, 2.75) is 13.3 Å². The van der Waals surface area contributed by atoms with Crippen LogP contribution in [-0.4, -0.2) is 74.1 Å². The van der Waals surface area contributed by atoms with Crippen molar-refractivity contribution in [3.8, 4) is 5.75 Å². The van der Waals surface area contributed by atoms with E-state index in [1.807, 2.05) is 18.2 Å². The highest BCUT2D eigenvalue weighted by Crippen LogP contribution is 2.29. The van der Waals surface area contributed by atoms with Gasteiger partial charge < -0.3 is 24.2 Å². The fraction of sp³-hybridized carbons (Fsp3) is 0.526. The predicted molar refractivity (Wildman–Crippen MR) is 98.6 cm³/mol. The average Bonchev–Trinajstić information content (AvgIpc) is 3.09. The van der Waals surface area contributed by atoms with Gasteiger partial charge in [-0.05, 0) is 19.1 Å². The number of piperazine rings is 1. The third-order valence-electron chi connectivity index (χ3n) is 4.96. The zero-order valence-electron chi connectivity index (χ0n) is 15.7. The van der Waals surface area contributed by atoms with Crippen molar-refractivity contribution in [2.24, 2.45) is 5.92 Å². The van der Waals surface area contributed by atoms with Gasteiger partial charge in [0.25, 0.3) is 0 Å². The molecule has 1 unspecified atom stereocenters. The summed E-state index contributed by atoms with van der Waals surface area (Å²) >= 11 is 0. The molecule has 1 aromatic carbocycles. The van der Waals surface area contributed by atoms with E-state index in [1.165, 1.54) is 0 Å². The van der Waals surface area contributed by atoms with Gasteiger partial charge in [0.05, 0.1) is 19.6 Å². The van der Waals surface area contributed by atoms with Crippen LogP contribution in [0.3, 0.4) is 0 Å². The smallest absolute Gasteiger partial charge is 0.409 e. The Balaban J connectivity index is 1.59. The van der Waals surface area contributed by atoms with Crippen LogP contribution in [0.15, 0.2) is 24.3 Å². The van der Waals surface area contributed by atoms with Gasteiger partial charge in [0.2, 0.25) is 11.8 Å². The largest absolute Gasteiger partial charge is 0.497 e. The second-order valence-electron chi connectivity index (χ2n) is 6.62. The van der Waals surface area contributed by atoms with Crippen LogP contribution in [0, 0.1) is 5.92 Å². The highest BCUT2D eigenvalue weighted by Gasteiger charge is 2.38. The van der Waals surface area contributed by atoms with Crippen molar-refractivity contribution in [2.75, 3.05) is 51.3 Å². The Hall–Kier alpha value is -2.77. The Kier molecular flexibility index (Phi) is 5.83. The number of carbonyl (C=O) groups is 3. The fourth-order valence-corrected chi connectivity index (χ4v) is 3.48. The lowest BCUT2D eigenvalue weighted by Gasteiger charge is -2.35. The van der Waals surface area contributed by atoms with Crippen molar-refractivity contribution in [3.05, 3.63) is 24.3 Å². The first-order chi connectivity index (χ1) is 13.0. The Morgan fingerprint density at radius 3 is 2.52 bits per heavy atom. The summed E-state index contributed by atoms with van der Waals surface area (Å²) in [5.41, 5.74) is 0.738. The van der Waals surface area contributed by atoms with Crippen molar-refractivity contribution in [1.82, 2.24) is 9.80 Å². The summed E-state index contributed by atoms with van der Waals surface area (Å²) in [4.78, 5) is 42.0. The normalized spacial score (nSPS) is 20.0. The Morgan fingerprint density at radius 1 is 1.15 bits per heavy atom. The maximum Gasteiger partial charge on any atom is 0.409 e. The monoisotopic (exact) mass is 375 g/mol. The molecule has 0 aromatic heterocycles. The minimum atomic E-state index is -0.363. The van der Waals surface area contributed by atoms with Crippen molar-refractivity contribution in [1.29, 1.82) is 0 Å². The lowest BCUT2D eigenvalue weighted by Crippen LogP contribution is -2.52. The average molecular weight is 375 g/mol. The van der Waals surface area contributed by atoms with Gasteiger partial charge >= 0.3 is 6.09 Å². The van der Waals surface area contributed by atoms with E-state index in [0.717, 1.165) is 5.69 Å². The number of benzene rings is 1. The van der Waals surface area contributed by atoms with E-state index in [9.17, 15) is 14.4 Å². The van der Waals surface area contributed by atoms with Crippen LogP contribution < -0.4 is 9.64 Å². The molecular formula is C19H25N3O5. The maximum absolute atomic E-state index is 12.8. The summed E-state index contributed by atoms with van der Waals surface area (Å²) in [6, 6.07) is 7.27. The third kappa shape index (κ3) is 4.15. The highest BCUT2D eigenvalue weighted by atomic mass is 16.6. The van der Waals surface area contributed by atoms with Crippen molar-refractivity contribution < 1.29 is 23.9 Å². The molecule has 2 saturated heterocycles. The number of anilines is 1. The second-order valence-corrected chi connectivity index (χ2v) is 6.62. The molecular weight excluding hydrogens is 350 g/mol. The number of amides is 3. The number of hydrogen-bond acceptors (Lipinski definition) is 5. The van der Waals surface area contributed by atoms with Gasteiger partial charge in [0, 0.05) is 50.9 Å². The summed E-state index contributed by atoms with van der Waals surface area (Å²) in [6.07, 6.45) is -0.140. The van der Waals surface area contributed by atoms with Crippen LogP contribution in [0.1, 0.15) is 13.3 Å². The van der Waals surface area contributed by atoms with E-state index >= 15 is 0 Å². The van der Waals surface area contributed by atoms with Gasteiger partial charge in [-0.2, -0.15) is 0 Å². The lowest BCUT2D eigenvalue weighted by atomic mass is 10.1. The molecule has 2 aliphatic rings. The second kappa shape index (κ2) is 8.28. The van der Waals surface area contributed by atoms with Gasteiger partial charge in [-0.25, -0.2) is 4.79 Å². The van der Waals surface area contributed by atoms with Gasteiger partial charge in [-0.1, -0.05) is 6.07 Å². The molecule has 0 aliphatic carbocycles. The third-order valence-corrected chi connectivity index (χ3v) is 4.96. The van der Waals surface area contributed by atoms with E-state index in [-0.39, 0.29) is 30.2 Å². The Bertz CT molecular complexity index is 715. The standard InChI is InChI=1S/C19H25N3O5/c1-3-27-19(25)21-9-7-20(8-10-21)18(24)14-11-17(23)22(13-14)15-5-4-6-16(12-15)26-2/h4-6,12,14H,3,7-11,13H2,1-2H3. The maximum atomic E-state index is 12.8. The van der Waals surface area contributed by atoms with Gasteiger partial charge in [0.1, 0.15) is 5.75 Å². The molecule has 2 fully saturated rings. The minimum absolute atomic E-state index is 0.0303. The topological polar surface area (TPSA) is 79.4 Å². The summed E-state index contributed by atoms with van der Waals surface area (Å²) in [6.45, 7) is 4.28. The minimum Gasteiger partial charge on any atom is -0.497 e. The quantitative estimate of drug-likeness (QED) is 0.794. The SMILES string of the molecule is CCOC(=O)N1CCN(C(=O)C2CC(=O)N(c3cccc(OC)c3)C2)CC1. The summed E-state index contributed by atoms with van der Waals surface area (Å²) < 4.78 is 10.2. The van der Waals surface area contributed by atoms with Gasteiger partial charge in [-0.3, -0.25) is 9.59 Å². The number of carbonyl (C=O) groups excluding carboxylic acids is 3. The molecule has 2 heterocycles. The van der Waals surface area contributed by atoms with E-state index in [2.05, 4.69) is 0 Å². The summed E-state index contributed by atoms with van der Waals surface area (Å²) in [5, 5.41) is 0. The lowest BCUT2D eigenvalue weighted by molar-refractivity contribution is -0.137. The van der Waals surface area contributed by atoms with Crippen LogP contribution in [-0.2, 0) is 14.3 Å². The van der Waals surface area contributed by atoms with E-state index < -0.39 is 0 Å². The van der Waals surface area contributed by atoms with Gasteiger partial charge in [0.15, 0.2) is 0 Å². The van der Waals surface area contributed by atoms with Crippen LogP contribution in [0.4, 0.5) is 10.5 Å². The molecule has 2 aliphatic heterocycles. The molecule has 0 spiro atoms. The first kappa shape index (κ1) is 19.0. The van der Waals surface area contributed by atoms with Gasteiger partial charge in [-0.15, -0.1) is 0 Å². The molecule has 146 valence electrons. The highest BCUT2D eigenvalue weighted by molar-refractivity contribution is 6.00. The predicted octanol–water partition coefficient (Wildman–Crippen LogP) is 1.35. The number of hydrogen-bond donors (Lipinski definition) is 0. The molecule has 27 heavy (non-hydrogen) atoms. The van der Waals surface area contributed by atoms with E-state index in [0.29, 0.717) is 45.1 Å². The molecule has 0 saturated carbocycles. The molecule has 3 amide bonds. The molecule has 1 atom stereocenters. The fourth-order valence-electron chi connectivity index (χ4n) is 3.48. The first-order valence-electron chi connectivity index (χ1n) is 9.18. The Labute approximate surface area is 158 Å². The molecule has 0 N–H and O–H groups in total. The summed E-state index contributed by atoms with van der Waals surface area (Å²) in [5.74, 6) is 0.215. The molecule has 8 heteroatoms. The van der Waals surface area contributed by atoms with Crippen LogP contribution in [0.2, 0.25) is 0 Å². The summed E-state index contributed by atoms with van der Waals surface area (Å²) in [7, 11) is 1.58. The van der Waals surface area contributed by atoms with Crippen LogP contribution in [0.25, 0.3) is 0 Å².